The zero-order valence-corrected chi connectivity index (χ0v) is 14.1. The Morgan fingerprint density at radius 1 is 1.00 bits per heavy atom. The van der Waals surface area contributed by atoms with Crippen molar-refractivity contribution in [2.24, 2.45) is 0 Å². The molecule has 3 heteroatoms. The molecule has 0 bridgehead atoms. The van der Waals surface area contributed by atoms with Crippen LogP contribution in [-0.2, 0) is 20.4 Å². The fourth-order valence-electron chi connectivity index (χ4n) is 1.79. The fourth-order valence-corrected chi connectivity index (χ4v) is 5.37. The Bertz CT molecular complexity index is 134. The summed E-state index contributed by atoms with van der Waals surface area (Å²) in [6.45, 7) is 18.8. The Morgan fingerprint density at radius 2 is 1.13 bits per heavy atom. The van der Waals surface area contributed by atoms with Crippen LogP contribution in [0.25, 0.3) is 0 Å². The van der Waals surface area contributed by atoms with Crippen molar-refractivity contribution in [3.8, 4) is 0 Å². The molecule has 0 N–H and O–H groups in total. The zero-order chi connectivity index (χ0) is 11.9. The maximum atomic E-state index is 6.66. The molecule has 96 valence electrons. The van der Waals surface area contributed by atoms with Crippen LogP contribution < -0.4 is 0 Å². The average molecular weight is 343 g/mol. The predicted molar refractivity (Wildman–Crippen MR) is 73.7 cm³/mol. The molecule has 0 aliphatic carbocycles. The molecular weight excluding hydrogens is 317 g/mol. The van der Waals surface area contributed by atoms with Crippen LogP contribution in [0.1, 0.15) is 41.5 Å². The van der Waals surface area contributed by atoms with Crippen LogP contribution in [0.15, 0.2) is 12.7 Å². The van der Waals surface area contributed by atoms with Crippen LogP contribution >= 0.6 is 17.9 Å². The van der Waals surface area contributed by atoms with Crippen LogP contribution in [0.2, 0.25) is 0 Å². The van der Waals surface area contributed by atoms with E-state index < -0.39 is 6.62 Å². The van der Waals surface area contributed by atoms with Gasteiger partial charge in [0.25, 0.3) is 0 Å². The van der Waals surface area contributed by atoms with E-state index in [4.69, 9.17) is 11.2 Å². The van der Waals surface area contributed by atoms with Crippen molar-refractivity contribution in [1.82, 2.24) is 0 Å². The molecule has 0 spiro atoms. The van der Waals surface area contributed by atoms with E-state index in [0.29, 0.717) is 17.0 Å². The van der Waals surface area contributed by atoms with Crippen LogP contribution in [-0.4, -0.2) is 17.0 Å². The van der Waals surface area contributed by atoms with E-state index >= 15 is 0 Å². The van der Waals surface area contributed by atoms with Crippen LogP contribution in [0.4, 0.5) is 0 Å². The number of halogens is 1. The first-order chi connectivity index (χ1) is 6.24. The van der Waals surface area contributed by atoms with Gasteiger partial charge in [-0.25, -0.2) is 19.6 Å². The van der Waals surface area contributed by atoms with Gasteiger partial charge in [0.2, 0.25) is 0 Å². The second-order valence-corrected chi connectivity index (χ2v) is 10.6. The molecule has 0 unspecified atom stereocenters. The van der Waals surface area contributed by atoms with Crippen LogP contribution in [0.5, 0.6) is 0 Å². The Hall–Kier alpha value is 0.992. The summed E-state index contributed by atoms with van der Waals surface area (Å²) in [6, 6.07) is 0. The maximum Gasteiger partial charge on any atom is 0.121 e. The van der Waals surface area contributed by atoms with Gasteiger partial charge in [-0.3, -0.25) is 0 Å². The van der Waals surface area contributed by atoms with Gasteiger partial charge in [0.1, 0.15) is 6.62 Å². The standard InChI is InChI=1S/C9H21ClP.C3H5.Pd/c1-7(2)11(10,8(3)4)9(5)6;1-3-2;/h7-9H,1-6H3;3H,1-2H2;/q+1;-1;. The number of rotatable bonds is 3. The van der Waals surface area contributed by atoms with E-state index in [2.05, 4.69) is 55.0 Å². The Balaban J connectivity index is -0.000000320. The third-order valence-corrected chi connectivity index (χ3v) is 10.6. The van der Waals surface area contributed by atoms with Gasteiger partial charge < -0.3 is 0 Å². The fraction of sp³-hybridized carbons (Fsp3) is 0.750. The topological polar surface area (TPSA) is 0 Å². The quantitative estimate of drug-likeness (QED) is 0.366. The Kier molecular flexibility index (Phi) is 14.4. The molecule has 0 heterocycles. The summed E-state index contributed by atoms with van der Waals surface area (Å²) in [6.07, 6.45) is 1.50. The van der Waals surface area contributed by atoms with E-state index in [9.17, 15) is 0 Å². The first-order valence-corrected chi connectivity index (χ1v) is 8.13. The van der Waals surface area contributed by atoms with Gasteiger partial charge in [0.05, 0.1) is 28.2 Å². The zero-order valence-electron chi connectivity index (χ0n) is 10.9. The van der Waals surface area contributed by atoms with Crippen molar-refractivity contribution in [3.63, 3.8) is 0 Å². The largest absolute Gasteiger partial charge is 0.245 e. The van der Waals surface area contributed by atoms with Crippen molar-refractivity contribution < 1.29 is 20.4 Å². The first kappa shape index (κ1) is 21.3. The van der Waals surface area contributed by atoms with Crippen LogP contribution in [0.3, 0.4) is 0 Å². The predicted octanol–water partition coefficient (Wildman–Crippen LogP) is 5.39. The molecular formula is C12H26ClPPd. The van der Waals surface area contributed by atoms with Gasteiger partial charge in [-0.15, -0.1) is 0 Å². The summed E-state index contributed by atoms with van der Waals surface area (Å²) in [4.78, 5) is 0. The maximum absolute atomic E-state index is 6.66. The third kappa shape index (κ3) is 7.02. The minimum absolute atomic E-state index is 0. The van der Waals surface area contributed by atoms with E-state index in [1.807, 2.05) is 0 Å². The number of allylic oxidation sites excluding steroid dienone is 1. The van der Waals surface area contributed by atoms with Crippen molar-refractivity contribution in [2.75, 3.05) is 0 Å². The Morgan fingerprint density at radius 3 is 1.13 bits per heavy atom. The smallest absolute Gasteiger partial charge is 0.121 e. The molecule has 0 aromatic rings. The second kappa shape index (κ2) is 10.2. The molecule has 0 rings (SSSR count). The van der Waals surface area contributed by atoms with Gasteiger partial charge in [-0.05, 0) is 41.5 Å². The summed E-state index contributed by atoms with van der Waals surface area (Å²) in [5, 5.41) is 0. The minimum atomic E-state index is -1.21. The molecule has 0 fully saturated rings. The Labute approximate surface area is 116 Å². The second-order valence-electron chi connectivity index (χ2n) is 4.31. The van der Waals surface area contributed by atoms with Gasteiger partial charge in [0.15, 0.2) is 0 Å². The first-order valence-electron chi connectivity index (χ1n) is 5.22. The number of hydrogen-bond donors (Lipinski definition) is 0. The van der Waals surface area contributed by atoms with Crippen molar-refractivity contribution >= 4 is 17.9 Å². The third-order valence-electron chi connectivity index (χ3n) is 2.37. The molecule has 0 aliphatic rings. The number of hydrogen-bond acceptors (Lipinski definition) is 0. The van der Waals surface area contributed by atoms with E-state index in [1.54, 1.807) is 0 Å². The van der Waals surface area contributed by atoms with Gasteiger partial charge >= 0.3 is 0 Å². The van der Waals surface area contributed by atoms with Crippen molar-refractivity contribution in [3.05, 3.63) is 19.6 Å². The molecule has 0 aromatic heterocycles. The van der Waals surface area contributed by atoms with E-state index in [0.717, 1.165) is 0 Å². The van der Waals surface area contributed by atoms with Crippen LogP contribution in [0, 0.1) is 6.92 Å². The van der Waals surface area contributed by atoms with Crippen molar-refractivity contribution in [2.45, 2.75) is 58.5 Å². The summed E-state index contributed by atoms with van der Waals surface area (Å²) in [5.74, 6) is 0. The summed E-state index contributed by atoms with van der Waals surface area (Å²) >= 11 is 6.66. The molecule has 0 aliphatic heterocycles. The monoisotopic (exact) mass is 342 g/mol. The van der Waals surface area contributed by atoms with E-state index in [1.165, 1.54) is 6.08 Å². The molecule has 0 nitrogen and oxygen atoms in total. The molecule has 0 saturated heterocycles. The molecule has 0 saturated carbocycles. The molecule has 0 aromatic carbocycles. The molecule has 15 heavy (non-hydrogen) atoms. The normalized spacial score (nSPS) is 10.8. The van der Waals surface area contributed by atoms with Gasteiger partial charge in [-0.1, -0.05) is 0 Å². The summed E-state index contributed by atoms with van der Waals surface area (Å²) < 4.78 is 0. The summed E-state index contributed by atoms with van der Waals surface area (Å²) in [7, 11) is 0. The molecule has 0 atom stereocenters. The van der Waals surface area contributed by atoms with Gasteiger partial charge in [0, 0.05) is 20.4 Å². The SMILES string of the molecule is C=C[CH2-].CC(C)[P+](Cl)(C(C)C)C(C)C.[Pd]. The van der Waals surface area contributed by atoms with Gasteiger partial charge in [-0.2, -0.15) is 0 Å². The molecule has 0 amide bonds. The van der Waals surface area contributed by atoms with E-state index in [-0.39, 0.29) is 20.4 Å². The molecule has 0 radical (unpaired) electrons. The average Bonchev–Trinajstić information content (AvgIpc) is 2.03. The minimum Gasteiger partial charge on any atom is -0.245 e. The van der Waals surface area contributed by atoms with Crippen molar-refractivity contribution in [1.29, 1.82) is 0 Å². The summed E-state index contributed by atoms with van der Waals surface area (Å²) in [5.41, 5.74) is 1.97.